The summed E-state index contributed by atoms with van der Waals surface area (Å²) in [6, 6.07) is 0.616. The molecule has 0 spiro atoms. The Morgan fingerprint density at radius 1 is 1.25 bits per heavy atom. The zero-order valence-electron chi connectivity index (χ0n) is 9.93. The highest BCUT2D eigenvalue weighted by atomic mass is 15.3. The monoisotopic (exact) mass is 221 g/mol. The average Bonchev–Trinajstić information content (AvgIpc) is 2.30. The predicted molar refractivity (Wildman–Crippen MR) is 65.4 cm³/mol. The topological polar surface area (TPSA) is 58.3 Å². The van der Waals surface area contributed by atoms with Gasteiger partial charge in [0.2, 0.25) is 0 Å². The van der Waals surface area contributed by atoms with Crippen LogP contribution in [0.15, 0.2) is 12.5 Å². The molecule has 16 heavy (non-hydrogen) atoms. The number of aromatic nitrogens is 2. The summed E-state index contributed by atoms with van der Waals surface area (Å²) in [5.41, 5.74) is 6.53. The minimum absolute atomic E-state index is 0.616. The van der Waals surface area contributed by atoms with Crippen molar-refractivity contribution >= 4 is 11.5 Å². The van der Waals surface area contributed by atoms with Crippen molar-refractivity contribution in [2.45, 2.75) is 19.9 Å². The second-order valence-corrected chi connectivity index (χ2v) is 4.42. The second kappa shape index (κ2) is 4.65. The van der Waals surface area contributed by atoms with Crippen molar-refractivity contribution in [3.63, 3.8) is 0 Å². The van der Waals surface area contributed by atoms with Crippen LogP contribution in [-0.2, 0) is 0 Å². The molecule has 1 aliphatic heterocycles. The van der Waals surface area contributed by atoms with E-state index in [0.717, 1.165) is 32.0 Å². The number of nitrogens with two attached hydrogens (primary N) is 1. The molecule has 2 N–H and O–H groups in total. The van der Waals surface area contributed by atoms with Crippen LogP contribution in [0, 0.1) is 0 Å². The van der Waals surface area contributed by atoms with Gasteiger partial charge in [0.1, 0.15) is 6.33 Å². The first-order valence-corrected chi connectivity index (χ1v) is 5.73. The lowest BCUT2D eigenvalue weighted by atomic mass is 10.2. The van der Waals surface area contributed by atoms with Gasteiger partial charge in [-0.25, -0.2) is 9.97 Å². The van der Waals surface area contributed by atoms with Crippen LogP contribution in [0.25, 0.3) is 0 Å². The minimum atomic E-state index is 0.616. The van der Waals surface area contributed by atoms with Gasteiger partial charge >= 0.3 is 0 Å². The zero-order chi connectivity index (χ0) is 11.5. The number of nitrogens with zero attached hydrogens (tertiary/aromatic N) is 4. The summed E-state index contributed by atoms with van der Waals surface area (Å²) in [5, 5.41) is 0. The van der Waals surface area contributed by atoms with E-state index in [2.05, 4.69) is 33.6 Å². The molecular formula is C11H19N5. The maximum absolute atomic E-state index is 5.87. The van der Waals surface area contributed by atoms with Crippen molar-refractivity contribution in [2.75, 3.05) is 36.8 Å². The molecule has 0 bridgehead atoms. The molecule has 88 valence electrons. The van der Waals surface area contributed by atoms with Gasteiger partial charge in [0.15, 0.2) is 5.82 Å². The number of piperazine rings is 1. The van der Waals surface area contributed by atoms with Gasteiger partial charge in [0.05, 0.1) is 11.9 Å². The molecule has 1 aromatic heterocycles. The lowest BCUT2D eigenvalue weighted by Gasteiger charge is -2.37. The van der Waals surface area contributed by atoms with Gasteiger partial charge in [0, 0.05) is 32.2 Å². The Hall–Kier alpha value is -1.36. The Labute approximate surface area is 96.3 Å². The molecule has 5 nitrogen and oxygen atoms in total. The van der Waals surface area contributed by atoms with Crippen molar-refractivity contribution in [3.05, 3.63) is 12.5 Å². The fraction of sp³-hybridized carbons (Fsp3) is 0.636. The van der Waals surface area contributed by atoms with E-state index in [-0.39, 0.29) is 0 Å². The normalized spacial score (nSPS) is 18.1. The predicted octanol–water partition coefficient (Wildman–Crippen LogP) is 0.589. The van der Waals surface area contributed by atoms with Crippen LogP contribution < -0.4 is 10.6 Å². The highest BCUT2D eigenvalue weighted by Crippen LogP contribution is 2.19. The van der Waals surface area contributed by atoms with E-state index in [4.69, 9.17) is 5.73 Å². The molecule has 1 aliphatic rings. The van der Waals surface area contributed by atoms with E-state index in [1.165, 1.54) is 0 Å². The number of anilines is 2. The molecule has 1 aromatic rings. The Bertz CT molecular complexity index is 344. The smallest absolute Gasteiger partial charge is 0.155 e. The number of hydrogen-bond donors (Lipinski definition) is 1. The van der Waals surface area contributed by atoms with Crippen molar-refractivity contribution in [1.29, 1.82) is 0 Å². The molecule has 0 atom stereocenters. The van der Waals surface area contributed by atoms with Crippen molar-refractivity contribution in [1.82, 2.24) is 14.9 Å². The highest BCUT2D eigenvalue weighted by molar-refractivity contribution is 5.61. The standard InChI is InChI=1S/C11H19N5/c1-9(2)15-3-5-16(6-4-15)11-10(12)7-13-8-14-11/h7-9H,3-6,12H2,1-2H3. The lowest BCUT2D eigenvalue weighted by molar-refractivity contribution is 0.209. The van der Waals surface area contributed by atoms with E-state index < -0.39 is 0 Å². The summed E-state index contributed by atoms with van der Waals surface area (Å²) in [4.78, 5) is 12.9. The third kappa shape index (κ3) is 2.24. The minimum Gasteiger partial charge on any atom is -0.394 e. The fourth-order valence-corrected chi connectivity index (χ4v) is 2.05. The van der Waals surface area contributed by atoms with Crippen LogP contribution in [0.4, 0.5) is 11.5 Å². The van der Waals surface area contributed by atoms with Crippen molar-refractivity contribution < 1.29 is 0 Å². The summed E-state index contributed by atoms with van der Waals surface area (Å²) >= 11 is 0. The summed E-state index contributed by atoms with van der Waals surface area (Å²) < 4.78 is 0. The van der Waals surface area contributed by atoms with Crippen LogP contribution in [0.5, 0.6) is 0 Å². The first-order chi connectivity index (χ1) is 7.68. The Kier molecular flexibility index (Phi) is 3.24. The van der Waals surface area contributed by atoms with E-state index in [0.29, 0.717) is 11.7 Å². The van der Waals surface area contributed by atoms with Gasteiger partial charge in [-0.3, -0.25) is 4.90 Å². The maximum atomic E-state index is 5.87. The van der Waals surface area contributed by atoms with Gasteiger partial charge in [-0.15, -0.1) is 0 Å². The Morgan fingerprint density at radius 2 is 1.94 bits per heavy atom. The molecule has 0 aliphatic carbocycles. The van der Waals surface area contributed by atoms with Crippen LogP contribution >= 0.6 is 0 Å². The van der Waals surface area contributed by atoms with Crippen LogP contribution in [-0.4, -0.2) is 47.1 Å². The molecule has 2 rings (SSSR count). The molecular weight excluding hydrogens is 202 g/mol. The van der Waals surface area contributed by atoms with Gasteiger partial charge in [0.25, 0.3) is 0 Å². The van der Waals surface area contributed by atoms with Gasteiger partial charge in [-0.1, -0.05) is 0 Å². The third-order valence-corrected chi connectivity index (χ3v) is 3.06. The van der Waals surface area contributed by atoms with Gasteiger partial charge in [-0.05, 0) is 13.8 Å². The highest BCUT2D eigenvalue weighted by Gasteiger charge is 2.20. The average molecular weight is 221 g/mol. The largest absolute Gasteiger partial charge is 0.394 e. The SMILES string of the molecule is CC(C)N1CCN(c2ncncc2N)CC1. The number of hydrogen-bond acceptors (Lipinski definition) is 5. The van der Waals surface area contributed by atoms with Crippen LogP contribution in [0.1, 0.15) is 13.8 Å². The van der Waals surface area contributed by atoms with Crippen molar-refractivity contribution in [3.8, 4) is 0 Å². The van der Waals surface area contributed by atoms with Gasteiger partial charge in [-0.2, -0.15) is 0 Å². The quantitative estimate of drug-likeness (QED) is 0.792. The van der Waals surface area contributed by atoms with Crippen LogP contribution in [0.3, 0.4) is 0 Å². The Morgan fingerprint density at radius 3 is 2.50 bits per heavy atom. The molecule has 1 fully saturated rings. The number of nitrogen functional groups attached to an aromatic ring is 1. The molecule has 0 unspecified atom stereocenters. The fourth-order valence-electron chi connectivity index (χ4n) is 2.05. The molecule has 2 heterocycles. The molecule has 5 heteroatoms. The summed E-state index contributed by atoms with van der Waals surface area (Å²) in [6.45, 7) is 8.57. The lowest BCUT2D eigenvalue weighted by Crippen LogP contribution is -2.49. The van der Waals surface area contributed by atoms with E-state index in [9.17, 15) is 0 Å². The summed E-state index contributed by atoms with van der Waals surface area (Å²) in [5.74, 6) is 0.874. The Balaban J connectivity index is 2.02. The van der Waals surface area contributed by atoms with Crippen LogP contribution in [0.2, 0.25) is 0 Å². The second-order valence-electron chi connectivity index (χ2n) is 4.42. The molecule has 0 amide bonds. The number of rotatable bonds is 2. The molecule has 0 radical (unpaired) electrons. The molecule has 0 saturated carbocycles. The first kappa shape index (κ1) is 11.1. The first-order valence-electron chi connectivity index (χ1n) is 5.73. The molecule has 0 aromatic carbocycles. The third-order valence-electron chi connectivity index (χ3n) is 3.06. The van der Waals surface area contributed by atoms with E-state index in [1.807, 2.05) is 0 Å². The maximum Gasteiger partial charge on any atom is 0.155 e. The zero-order valence-corrected chi connectivity index (χ0v) is 9.93. The van der Waals surface area contributed by atoms with Gasteiger partial charge < -0.3 is 10.6 Å². The van der Waals surface area contributed by atoms with Crippen molar-refractivity contribution in [2.24, 2.45) is 0 Å². The molecule has 1 saturated heterocycles. The van der Waals surface area contributed by atoms with E-state index >= 15 is 0 Å². The summed E-state index contributed by atoms with van der Waals surface area (Å²) in [7, 11) is 0. The summed E-state index contributed by atoms with van der Waals surface area (Å²) in [6.07, 6.45) is 3.22. The van der Waals surface area contributed by atoms with E-state index in [1.54, 1.807) is 12.5 Å².